The second-order valence-electron chi connectivity index (χ2n) is 9.08. The Morgan fingerprint density at radius 1 is 1.22 bits per heavy atom. The lowest BCUT2D eigenvalue weighted by Crippen LogP contribution is -2.59. The van der Waals surface area contributed by atoms with Crippen molar-refractivity contribution >= 4 is 52.4 Å². The number of carbonyl (C=O) groups excluding carboxylic acids is 4. The molecule has 0 bridgehead atoms. The van der Waals surface area contributed by atoms with Crippen LogP contribution in [0.15, 0.2) is 18.3 Å². The van der Waals surface area contributed by atoms with Gasteiger partial charge in [0.05, 0.1) is 22.8 Å². The number of nitrogens with zero attached hydrogens (tertiary/aromatic N) is 4. The molecule has 1 saturated carbocycles. The predicted octanol–water partition coefficient (Wildman–Crippen LogP) is 0.711. The SMILES string of the molecule is CN(C)C(=O)[C@H]1CC[C@H](N(C(=O)C(N)=O)c2ccc(Cl)cn2)[C@H](NC(=O)c2nc3c(s2)CNCC3)C1. The number of primary amides is 1. The summed E-state index contributed by atoms with van der Waals surface area (Å²) in [6.07, 6.45) is 3.18. The number of hydrogen-bond donors (Lipinski definition) is 3. The Balaban J connectivity index is 1.66. The number of hydrogen-bond acceptors (Lipinski definition) is 8. The second kappa shape index (κ2) is 10.9. The van der Waals surface area contributed by atoms with Crippen molar-refractivity contribution in [1.29, 1.82) is 0 Å². The van der Waals surface area contributed by atoms with Gasteiger partial charge in [-0.2, -0.15) is 0 Å². The molecule has 1 aliphatic heterocycles. The van der Waals surface area contributed by atoms with Crippen molar-refractivity contribution in [1.82, 2.24) is 25.5 Å². The minimum Gasteiger partial charge on any atom is -0.361 e. The Morgan fingerprint density at radius 3 is 2.64 bits per heavy atom. The van der Waals surface area contributed by atoms with Gasteiger partial charge in [-0.25, -0.2) is 9.97 Å². The fraction of sp³-hybridized carbons (Fsp3) is 0.478. The molecule has 1 aliphatic carbocycles. The zero-order chi connectivity index (χ0) is 26.0. The largest absolute Gasteiger partial charge is 0.361 e. The van der Waals surface area contributed by atoms with E-state index in [0.717, 1.165) is 23.5 Å². The maximum atomic E-state index is 13.3. The fourth-order valence-corrected chi connectivity index (χ4v) is 5.81. The molecule has 0 spiro atoms. The molecule has 0 radical (unpaired) electrons. The molecule has 36 heavy (non-hydrogen) atoms. The zero-order valence-corrected chi connectivity index (χ0v) is 21.6. The van der Waals surface area contributed by atoms with Gasteiger partial charge in [0.1, 0.15) is 5.82 Å². The van der Waals surface area contributed by atoms with E-state index in [1.807, 2.05) is 0 Å². The molecule has 3 atom stereocenters. The predicted molar refractivity (Wildman–Crippen MR) is 135 cm³/mol. The van der Waals surface area contributed by atoms with Crippen LogP contribution in [0.5, 0.6) is 0 Å². The Morgan fingerprint density at radius 2 is 2.00 bits per heavy atom. The summed E-state index contributed by atoms with van der Waals surface area (Å²) in [5.74, 6) is -2.75. The molecule has 2 aromatic heterocycles. The zero-order valence-electron chi connectivity index (χ0n) is 20.0. The number of nitrogens with two attached hydrogens (primary N) is 1. The van der Waals surface area contributed by atoms with E-state index in [2.05, 4.69) is 20.6 Å². The molecule has 11 nitrogen and oxygen atoms in total. The fourth-order valence-electron chi connectivity index (χ4n) is 4.71. The lowest BCUT2D eigenvalue weighted by molar-refractivity contribution is -0.136. The van der Waals surface area contributed by atoms with E-state index >= 15 is 0 Å². The molecule has 2 aliphatic rings. The van der Waals surface area contributed by atoms with Crippen molar-refractivity contribution in [3.8, 4) is 0 Å². The van der Waals surface area contributed by atoms with E-state index in [0.29, 0.717) is 29.4 Å². The summed E-state index contributed by atoms with van der Waals surface area (Å²) < 4.78 is 0. The lowest BCUT2D eigenvalue weighted by Gasteiger charge is -2.41. The number of nitrogens with one attached hydrogen (secondary N) is 2. The van der Waals surface area contributed by atoms with Crippen molar-refractivity contribution in [2.24, 2.45) is 11.7 Å². The summed E-state index contributed by atoms with van der Waals surface area (Å²) in [6.45, 7) is 1.46. The molecule has 13 heteroatoms. The lowest BCUT2D eigenvalue weighted by atomic mass is 9.80. The number of halogens is 1. The number of fused-ring (bicyclic) bond motifs is 1. The quantitative estimate of drug-likeness (QED) is 0.479. The number of thiazole rings is 1. The van der Waals surface area contributed by atoms with Crippen LogP contribution in [0.25, 0.3) is 0 Å². The number of anilines is 1. The van der Waals surface area contributed by atoms with E-state index in [1.165, 1.54) is 33.4 Å². The highest BCUT2D eigenvalue weighted by molar-refractivity contribution is 7.13. The van der Waals surface area contributed by atoms with Crippen LogP contribution < -0.4 is 21.3 Å². The summed E-state index contributed by atoms with van der Waals surface area (Å²) in [5.41, 5.74) is 6.28. The Hall–Kier alpha value is -3.09. The number of pyridine rings is 1. The third-order valence-electron chi connectivity index (χ3n) is 6.44. The third kappa shape index (κ3) is 5.50. The molecule has 1 fully saturated rings. The average molecular weight is 534 g/mol. The minimum atomic E-state index is -1.15. The van der Waals surface area contributed by atoms with Crippen LogP contribution in [-0.2, 0) is 27.3 Å². The van der Waals surface area contributed by atoms with Gasteiger partial charge in [0.2, 0.25) is 5.91 Å². The third-order valence-corrected chi connectivity index (χ3v) is 7.76. The van der Waals surface area contributed by atoms with Gasteiger partial charge >= 0.3 is 11.8 Å². The Kier molecular flexibility index (Phi) is 7.86. The van der Waals surface area contributed by atoms with Crippen molar-refractivity contribution in [3.05, 3.63) is 38.9 Å². The number of amides is 4. The van der Waals surface area contributed by atoms with Gasteiger partial charge in [-0.05, 0) is 31.4 Å². The van der Waals surface area contributed by atoms with E-state index in [1.54, 1.807) is 20.2 Å². The minimum absolute atomic E-state index is 0.0686. The smallest absolute Gasteiger partial charge is 0.317 e. The monoisotopic (exact) mass is 533 g/mol. The van der Waals surface area contributed by atoms with Gasteiger partial charge < -0.3 is 21.3 Å². The molecule has 0 unspecified atom stereocenters. The first-order valence-electron chi connectivity index (χ1n) is 11.6. The van der Waals surface area contributed by atoms with Gasteiger partial charge in [0, 0.05) is 50.6 Å². The van der Waals surface area contributed by atoms with Crippen molar-refractivity contribution < 1.29 is 19.2 Å². The van der Waals surface area contributed by atoms with Crippen molar-refractivity contribution in [2.45, 2.75) is 44.3 Å². The molecule has 192 valence electrons. The summed E-state index contributed by atoms with van der Waals surface area (Å²) in [4.78, 5) is 63.4. The highest BCUT2D eigenvalue weighted by Crippen LogP contribution is 2.32. The van der Waals surface area contributed by atoms with Crippen LogP contribution in [0.1, 0.15) is 39.6 Å². The summed E-state index contributed by atoms with van der Waals surface area (Å²) >= 11 is 7.29. The normalized spacial score (nSPS) is 21.2. The van der Waals surface area contributed by atoms with Gasteiger partial charge in [-0.15, -0.1) is 11.3 Å². The van der Waals surface area contributed by atoms with E-state index in [9.17, 15) is 19.2 Å². The highest BCUT2D eigenvalue weighted by atomic mass is 35.5. The average Bonchev–Trinajstić information content (AvgIpc) is 3.30. The van der Waals surface area contributed by atoms with E-state index in [4.69, 9.17) is 17.3 Å². The maximum Gasteiger partial charge on any atom is 0.317 e. The van der Waals surface area contributed by atoms with Crippen LogP contribution in [0.4, 0.5) is 5.82 Å². The van der Waals surface area contributed by atoms with E-state index in [-0.39, 0.29) is 24.1 Å². The van der Waals surface area contributed by atoms with Gasteiger partial charge in [0.25, 0.3) is 5.91 Å². The van der Waals surface area contributed by atoms with E-state index < -0.39 is 29.8 Å². The van der Waals surface area contributed by atoms with Crippen LogP contribution >= 0.6 is 22.9 Å². The summed E-state index contributed by atoms with van der Waals surface area (Å²) in [7, 11) is 3.35. The second-order valence-corrected chi connectivity index (χ2v) is 10.6. The van der Waals surface area contributed by atoms with Crippen molar-refractivity contribution in [2.75, 3.05) is 25.5 Å². The molecule has 2 aromatic rings. The molecule has 4 rings (SSSR count). The molecule has 0 saturated heterocycles. The topological polar surface area (TPSA) is 151 Å². The highest BCUT2D eigenvalue weighted by Gasteiger charge is 2.42. The van der Waals surface area contributed by atoms with Crippen LogP contribution in [0.3, 0.4) is 0 Å². The molecule has 0 aromatic carbocycles. The standard InChI is InChI=1S/C23H28ClN7O4S/c1-30(2)22(34)12-3-5-16(31(23(35)19(25)32)18-6-4-13(24)10-27-18)15(9-12)28-20(33)21-29-14-7-8-26-11-17(14)36-21/h4,6,10,12,15-16,26H,3,5,7-9,11H2,1-2H3,(H2,25,32)(H,28,33)/t12-,15+,16-/m0/s1. The summed E-state index contributed by atoms with van der Waals surface area (Å²) in [6, 6.07) is 1.75. The summed E-state index contributed by atoms with van der Waals surface area (Å²) in [5, 5.41) is 6.93. The molecule has 4 amide bonds. The molecular formula is C23H28ClN7O4S. The molecular weight excluding hydrogens is 506 g/mol. The van der Waals surface area contributed by atoms with Gasteiger partial charge in [-0.1, -0.05) is 11.6 Å². The van der Waals surface area contributed by atoms with Crippen molar-refractivity contribution in [3.63, 3.8) is 0 Å². The Bertz CT molecular complexity index is 1150. The van der Waals surface area contributed by atoms with Crippen LogP contribution in [0.2, 0.25) is 5.02 Å². The van der Waals surface area contributed by atoms with Gasteiger partial charge in [-0.3, -0.25) is 24.1 Å². The molecule has 4 N–H and O–H groups in total. The Labute approximate surface area is 217 Å². The number of carbonyl (C=O) groups is 4. The van der Waals surface area contributed by atoms with Crippen LogP contribution in [0, 0.1) is 5.92 Å². The number of aromatic nitrogens is 2. The first kappa shape index (κ1) is 26.0. The first-order chi connectivity index (χ1) is 17.2. The molecule has 3 heterocycles. The first-order valence-corrected chi connectivity index (χ1v) is 12.8. The van der Waals surface area contributed by atoms with Crippen LogP contribution in [-0.4, -0.2) is 71.2 Å². The number of rotatable bonds is 5. The van der Waals surface area contributed by atoms with Gasteiger partial charge in [0.15, 0.2) is 5.01 Å². The maximum absolute atomic E-state index is 13.3.